The minimum atomic E-state index is -4.74. The van der Waals surface area contributed by atoms with Gasteiger partial charge in [0.1, 0.15) is 11.6 Å². The Bertz CT molecular complexity index is 1370. The molecule has 2 heterocycles. The summed E-state index contributed by atoms with van der Waals surface area (Å²) in [6.45, 7) is 1.62. The molecule has 41 heavy (non-hydrogen) atoms. The van der Waals surface area contributed by atoms with E-state index in [9.17, 15) is 26.4 Å². The van der Waals surface area contributed by atoms with Gasteiger partial charge < -0.3 is 20.3 Å². The summed E-state index contributed by atoms with van der Waals surface area (Å²) in [7, 11) is -0.253. The zero-order valence-corrected chi connectivity index (χ0v) is 23.8. The van der Waals surface area contributed by atoms with Gasteiger partial charge in [0.15, 0.2) is 0 Å². The zero-order valence-electron chi connectivity index (χ0n) is 23.0. The summed E-state index contributed by atoms with van der Waals surface area (Å²) in [4.78, 5) is 22.8. The van der Waals surface area contributed by atoms with Crippen LogP contribution in [0.3, 0.4) is 0 Å². The number of amides is 1. The van der Waals surface area contributed by atoms with Crippen molar-refractivity contribution in [3.63, 3.8) is 0 Å². The van der Waals surface area contributed by atoms with Crippen LogP contribution >= 0.6 is 0 Å². The molecule has 1 aliphatic heterocycles. The highest BCUT2D eigenvalue weighted by Crippen LogP contribution is 2.36. The van der Waals surface area contributed by atoms with Crippen LogP contribution in [0.2, 0.25) is 0 Å². The number of likely N-dealkylation sites (tertiary alicyclic amines) is 1. The number of aromatic nitrogens is 2. The van der Waals surface area contributed by atoms with Gasteiger partial charge in [0.25, 0.3) is 5.91 Å². The van der Waals surface area contributed by atoms with Crippen LogP contribution in [-0.4, -0.2) is 74.8 Å². The highest BCUT2D eigenvalue weighted by molar-refractivity contribution is 7.88. The van der Waals surface area contributed by atoms with E-state index in [1.54, 1.807) is 0 Å². The highest BCUT2D eigenvalue weighted by atomic mass is 32.2. The van der Waals surface area contributed by atoms with E-state index < -0.39 is 45.4 Å². The van der Waals surface area contributed by atoms with Gasteiger partial charge in [0.05, 0.1) is 35.9 Å². The third kappa shape index (κ3) is 8.04. The molecule has 1 saturated carbocycles. The van der Waals surface area contributed by atoms with Gasteiger partial charge in [-0.2, -0.15) is 13.2 Å². The lowest BCUT2D eigenvalue weighted by atomic mass is 9.96. The van der Waals surface area contributed by atoms with Crippen LogP contribution in [0.1, 0.15) is 53.7 Å². The van der Waals surface area contributed by atoms with E-state index in [0.29, 0.717) is 25.5 Å². The molecule has 4 rings (SSSR count). The van der Waals surface area contributed by atoms with Crippen molar-refractivity contribution < 1.29 is 35.5 Å². The topological polar surface area (TPSA) is 126 Å². The van der Waals surface area contributed by atoms with Gasteiger partial charge in [0, 0.05) is 24.3 Å². The third-order valence-electron chi connectivity index (χ3n) is 7.49. The fourth-order valence-electron chi connectivity index (χ4n) is 5.36. The number of ether oxygens (including phenoxy) is 1. The largest absolute Gasteiger partial charge is 0.495 e. The summed E-state index contributed by atoms with van der Waals surface area (Å²) in [6, 6.07) is 1.62. The number of alkyl halides is 3. The van der Waals surface area contributed by atoms with Crippen LogP contribution in [0, 0.1) is 11.7 Å². The van der Waals surface area contributed by atoms with Crippen molar-refractivity contribution in [1.29, 1.82) is 0 Å². The Balaban J connectivity index is 1.57. The minimum absolute atomic E-state index is 0.0176. The van der Waals surface area contributed by atoms with Crippen molar-refractivity contribution in [2.24, 2.45) is 5.92 Å². The Kier molecular flexibility index (Phi) is 9.39. The highest BCUT2D eigenvalue weighted by Gasteiger charge is 2.38. The number of hydrogen-bond donors (Lipinski definition) is 3. The van der Waals surface area contributed by atoms with Crippen molar-refractivity contribution >= 4 is 27.6 Å². The normalized spacial score (nSPS) is 20.7. The van der Waals surface area contributed by atoms with Crippen molar-refractivity contribution in [3.05, 3.63) is 41.0 Å². The Labute approximate surface area is 236 Å². The number of carbonyl (C=O) groups is 1. The van der Waals surface area contributed by atoms with E-state index in [2.05, 4.69) is 30.2 Å². The molecule has 2 aromatic rings. The molecule has 0 unspecified atom stereocenters. The van der Waals surface area contributed by atoms with E-state index in [1.807, 2.05) is 7.05 Å². The Morgan fingerprint density at radius 2 is 1.88 bits per heavy atom. The first kappa shape index (κ1) is 30.9. The smallest absolute Gasteiger partial charge is 0.419 e. The summed E-state index contributed by atoms with van der Waals surface area (Å²) in [5.41, 5.74) is -1.56. The molecule has 0 radical (unpaired) electrons. The van der Waals surface area contributed by atoms with Crippen LogP contribution in [0.25, 0.3) is 0 Å². The van der Waals surface area contributed by atoms with E-state index in [1.165, 1.54) is 13.2 Å². The summed E-state index contributed by atoms with van der Waals surface area (Å²) < 4.78 is 87.8. The number of benzene rings is 1. The Morgan fingerprint density at radius 1 is 1.17 bits per heavy atom. The number of methoxy groups -OCH3 is 1. The average Bonchev–Trinajstić information content (AvgIpc) is 3.29. The quantitative estimate of drug-likeness (QED) is 0.373. The zero-order chi connectivity index (χ0) is 29.9. The summed E-state index contributed by atoms with van der Waals surface area (Å²) in [5.74, 6) is -2.02. The lowest BCUT2D eigenvalue weighted by Gasteiger charge is -2.29. The van der Waals surface area contributed by atoms with Crippen LogP contribution < -0.4 is 20.1 Å². The summed E-state index contributed by atoms with van der Waals surface area (Å²) >= 11 is 0. The first-order chi connectivity index (χ1) is 19.2. The van der Waals surface area contributed by atoms with Crippen molar-refractivity contribution in [1.82, 2.24) is 24.9 Å². The predicted molar refractivity (Wildman–Crippen MR) is 144 cm³/mol. The van der Waals surface area contributed by atoms with Gasteiger partial charge >= 0.3 is 6.18 Å². The lowest BCUT2D eigenvalue weighted by Crippen LogP contribution is -2.43. The average molecular weight is 603 g/mol. The second-order valence-electron chi connectivity index (χ2n) is 10.7. The number of sulfonamides is 1. The molecule has 2 atom stereocenters. The number of halogens is 4. The number of nitrogens with zero attached hydrogens (tertiary/aromatic N) is 3. The molecule has 1 aliphatic carbocycles. The van der Waals surface area contributed by atoms with Crippen molar-refractivity contribution in [2.75, 3.05) is 38.8 Å². The number of nitrogens with one attached hydrogen (secondary N) is 3. The molecule has 10 nitrogen and oxygen atoms in total. The molecule has 2 fully saturated rings. The van der Waals surface area contributed by atoms with Gasteiger partial charge in [0.2, 0.25) is 16.0 Å². The van der Waals surface area contributed by atoms with Gasteiger partial charge in [-0.05, 0) is 64.2 Å². The number of carbonyl (C=O) groups excluding carboxylic acids is 1. The first-order valence-electron chi connectivity index (χ1n) is 13.3. The number of piperidine rings is 1. The van der Waals surface area contributed by atoms with Crippen molar-refractivity contribution in [2.45, 2.75) is 56.8 Å². The van der Waals surface area contributed by atoms with Gasteiger partial charge in [-0.25, -0.2) is 27.5 Å². The predicted octanol–water partition coefficient (Wildman–Crippen LogP) is 3.47. The molecular weight excluding hydrogens is 568 g/mol. The molecule has 1 amide bonds. The lowest BCUT2D eigenvalue weighted by molar-refractivity contribution is -0.138. The summed E-state index contributed by atoms with van der Waals surface area (Å²) in [6.07, 6.45) is -0.0679. The second-order valence-corrected chi connectivity index (χ2v) is 12.4. The van der Waals surface area contributed by atoms with E-state index in [0.717, 1.165) is 38.3 Å². The number of hydrogen-bond acceptors (Lipinski definition) is 8. The molecule has 1 aromatic carbocycles. The van der Waals surface area contributed by atoms with Crippen LogP contribution in [-0.2, 0) is 22.6 Å². The number of rotatable bonds is 9. The molecule has 0 spiro atoms. The molecule has 15 heteroatoms. The SMILES string of the molecule is COc1cc(C(=O)NC2CCN(C)CC2)c(F)cc1Nc1ncc(C(F)(F)F)c(C[C@@H]2CCC[C@H]2NS(C)(=O)=O)n1. The van der Waals surface area contributed by atoms with E-state index >= 15 is 4.39 Å². The molecule has 2 aliphatic rings. The van der Waals surface area contributed by atoms with Gasteiger partial charge in [-0.1, -0.05) is 6.42 Å². The maximum atomic E-state index is 15.1. The molecule has 1 aromatic heterocycles. The maximum Gasteiger partial charge on any atom is 0.419 e. The second kappa shape index (κ2) is 12.4. The molecule has 3 N–H and O–H groups in total. The molecule has 0 bridgehead atoms. The minimum Gasteiger partial charge on any atom is -0.495 e. The number of anilines is 2. The van der Waals surface area contributed by atoms with E-state index in [-0.39, 0.29) is 41.1 Å². The fourth-order valence-corrected chi connectivity index (χ4v) is 6.22. The van der Waals surface area contributed by atoms with Crippen LogP contribution in [0.5, 0.6) is 5.75 Å². The van der Waals surface area contributed by atoms with Crippen LogP contribution in [0.15, 0.2) is 18.3 Å². The Hall–Kier alpha value is -3.04. The van der Waals surface area contributed by atoms with Gasteiger partial charge in [-0.15, -0.1) is 0 Å². The van der Waals surface area contributed by atoms with Crippen LogP contribution in [0.4, 0.5) is 29.2 Å². The standard InChI is InChI=1S/C26H34F4N6O4S/c1-36-9-7-16(8-10-36)32-24(37)17-12-23(40-2)22(13-19(17)27)34-25-31-14-18(26(28,29)30)21(33-25)11-15-5-4-6-20(15)35-41(3,38)39/h12-16,20,35H,4-11H2,1-3H3,(H,32,37)(H,31,33,34)/t15-,20+/m0/s1. The monoisotopic (exact) mass is 602 g/mol. The third-order valence-corrected chi connectivity index (χ3v) is 8.22. The Morgan fingerprint density at radius 3 is 2.51 bits per heavy atom. The van der Waals surface area contributed by atoms with Crippen molar-refractivity contribution in [3.8, 4) is 5.75 Å². The van der Waals surface area contributed by atoms with E-state index in [4.69, 9.17) is 4.74 Å². The molecular formula is C26H34F4N6O4S. The fraction of sp³-hybridized carbons (Fsp3) is 0.577. The summed E-state index contributed by atoms with van der Waals surface area (Å²) in [5, 5.41) is 5.55. The maximum absolute atomic E-state index is 15.1. The molecule has 1 saturated heterocycles. The molecule has 226 valence electrons. The van der Waals surface area contributed by atoms with Gasteiger partial charge in [-0.3, -0.25) is 4.79 Å². The first-order valence-corrected chi connectivity index (χ1v) is 15.2.